The summed E-state index contributed by atoms with van der Waals surface area (Å²) in [4.78, 5) is 7.13. The Morgan fingerprint density at radius 3 is 3.06 bits per heavy atom. The third-order valence-electron chi connectivity index (χ3n) is 3.49. The second-order valence-corrected chi connectivity index (χ2v) is 4.62. The smallest absolute Gasteiger partial charge is 0.137 e. The van der Waals surface area contributed by atoms with Crippen LogP contribution in [-0.4, -0.2) is 27.9 Å². The number of hydrogen-bond donors (Lipinski definition) is 0. The molecule has 1 fully saturated rings. The first-order chi connectivity index (χ1) is 7.84. The lowest BCUT2D eigenvalue weighted by molar-refractivity contribution is 0.184. The van der Waals surface area contributed by atoms with Crippen LogP contribution in [0.2, 0.25) is 0 Å². The highest BCUT2D eigenvalue weighted by atomic mass is 15.2. The van der Waals surface area contributed by atoms with Crippen LogP contribution in [0.25, 0.3) is 5.65 Å². The summed E-state index contributed by atoms with van der Waals surface area (Å²) in [5.74, 6) is 0. The summed E-state index contributed by atoms with van der Waals surface area (Å²) < 4.78 is 2.11. The number of hydrogen-bond acceptors (Lipinski definition) is 2. The minimum Gasteiger partial charge on any atom is -0.307 e. The first-order valence-electron chi connectivity index (χ1n) is 5.98. The SMILES string of the molecule is CN1CCCCC1c1cn2ccccc2n1. The van der Waals surface area contributed by atoms with Gasteiger partial charge in [0.2, 0.25) is 0 Å². The Morgan fingerprint density at radius 2 is 2.25 bits per heavy atom. The molecule has 3 heterocycles. The Balaban J connectivity index is 1.98. The normalized spacial score (nSPS) is 22.7. The van der Waals surface area contributed by atoms with Gasteiger partial charge in [-0.05, 0) is 38.6 Å². The lowest BCUT2D eigenvalue weighted by Gasteiger charge is -2.31. The number of likely N-dealkylation sites (tertiary alicyclic amines) is 1. The van der Waals surface area contributed by atoms with Crippen LogP contribution in [0, 0.1) is 0 Å². The summed E-state index contributed by atoms with van der Waals surface area (Å²) >= 11 is 0. The summed E-state index contributed by atoms with van der Waals surface area (Å²) in [6, 6.07) is 6.65. The quantitative estimate of drug-likeness (QED) is 0.728. The number of nitrogens with zero attached hydrogens (tertiary/aromatic N) is 3. The van der Waals surface area contributed by atoms with Crippen molar-refractivity contribution in [2.24, 2.45) is 0 Å². The molecule has 0 N–H and O–H groups in total. The molecular weight excluding hydrogens is 198 g/mol. The van der Waals surface area contributed by atoms with Crippen molar-refractivity contribution in [2.45, 2.75) is 25.3 Å². The van der Waals surface area contributed by atoms with Crippen molar-refractivity contribution in [3.63, 3.8) is 0 Å². The van der Waals surface area contributed by atoms with Crippen molar-refractivity contribution in [3.05, 3.63) is 36.3 Å². The molecule has 84 valence electrons. The van der Waals surface area contributed by atoms with Crippen molar-refractivity contribution in [1.29, 1.82) is 0 Å². The van der Waals surface area contributed by atoms with E-state index in [0.717, 1.165) is 5.65 Å². The molecule has 1 aliphatic heterocycles. The average molecular weight is 215 g/mol. The molecule has 0 saturated carbocycles. The zero-order valence-electron chi connectivity index (χ0n) is 9.63. The molecule has 0 bridgehead atoms. The summed E-state index contributed by atoms with van der Waals surface area (Å²) in [5.41, 5.74) is 2.27. The van der Waals surface area contributed by atoms with Crippen LogP contribution in [0.4, 0.5) is 0 Å². The summed E-state index contributed by atoms with van der Waals surface area (Å²) in [7, 11) is 2.20. The van der Waals surface area contributed by atoms with Gasteiger partial charge in [0.15, 0.2) is 0 Å². The largest absolute Gasteiger partial charge is 0.307 e. The zero-order chi connectivity index (χ0) is 11.0. The number of aromatic nitrogens is 2. The van der Waals surface area contributed by atoms with Gasteiger partial charge in [0.25, 0.3) is 0 Å². The Kier molecular flexibility index (Phi) is 2.40. The number of imidazole rings is 1. The van der Waals surface area contributed by atoms with Gasteiger partial charge in [-0.3, -0.25) is 4.90 Å². The van der Waals surface area contributed by atoms with Crippen LogP contribution < -0.4 is 0 Å². The molecule has 3 heteroatoms. The van der Waals surface area contributed by atoms with Crippen LogP contribution in [0.5, 0.6) is 0 Å². The Labute approximate surface area is 95.7 Å². The van der Waals surface area contributed by atoms with Crippen molar-refractivity contribution >= 4 is 5.65 Å². The van der Waals surface area contributed by atoms with E-state index >= 15 is 0 Å². The number of piperidine rings is 1. The van der Waals surface area contributed by atoms with Gasteiger partial charge in [0.1, 0.15) is 5.65 Å². The Hall–Kier alpha value is -1.35. The standard InChI is InChI=1S/C13H17N3/c1-15-8-4-2-6-12(15)11-10-16-9-5-3-7-13(16)14-11/h3,5,7,9-10,12H,2,4,6,8H2,1H3. The van der Waals surface area contributed by atoms with Gasteiger partial charge in [0.05, 0.1) is 11.7 Å². The van der Waals surface area contributed by atoms with Gasteiger partial charge in [-0.2, -0.15) is 0 Å². The molecule has 1 aliphatic rings. The predicted molar refractivity (Wildman–Crippen MR) is 64.4 cm³/mol. The molecule has 2 aromatic rings. The van der Waals surface area contributed by atoms with E-state index in [9.17, 15) is 0 Å². The molecule has 1 atom stereocenters. The molecule has 0 spiro atoms. The van der Waals surface area contributed by atoms with Crippen LogP contribution in [0.3, 0.4) is 0 Å². The Morgan fingerprint density at radius 1 is 1.31 bits per heavy atom. The van der Waals surface area contributed by atoms with E-state index < -0.39 is 0 Å². The second-order valence-electron chi connectivity index (χ2n) is 4.62. The van der Waals surface area contributed by atoms with E-state index in [1.807, 2.05) is 12.1 Å². The van der Waals surface area contributed by atoms with Crippen LogP contribution in [0.1, 0.15) is 31.0 Å². The van der Waals surface area contributed by atoms with Crippen molar-refractivity contribution < 1.29 is 0 Å². The minimum atomic E-state index is 0.508. The molecule has 3 rings (SSSR count). The maximum absolute atomic E-state index is 4.71. The van der Waals surface area contributed by atoms with Crippen LogP contribution >= 0.6 is 0 Å². The van der Waals surface area contributed by atoms with Gasteiger partial charge in [-0.25, -0.2) is 4.98 Å². The molecule has 3 nitrogen and oxygen atoms in total. The topological polar surface area (TPSA) is 20.5 Å². The van der Waals surface area contributed by atoms with E-state index in [1.54, 1.807) is 0 Å². The second kappa shape index (κ2) is 3.91. The van der Waals surface area contributed by atoms with Crippen molar-refractivity contribution in [2.75, 3.05) is 13.6 Å². The maximum Gasteiger partial charge on any atom is 0.137 e. The molecule has 0 aliphatic carbocycles. The first kappa shape index (κ1) is 9.85. The van der Waals surface area contributed by atoms with Crippen molar-refractivity contribution in [1.82, 2.24) is 14.3 Å². The summed E-state index contributed by atoms with van der Waals surface area (Å²) in [6.45, 7) is 1.19. The van der Waals surface area contributed by atoms with Gasteiger partial charge < -0.3 is 4.40 Å². The third-order valence-corrected chi connectivity index (χ3v) is 3.49. The highest BCUT2D eigenvalue weighted by Crippen LogP contribution is 2.28. The predicted octanol–water partition coefficient (Wildman–Crippen LogP) is 2.49. The fourth-order valence-corrected chi connectivity index (χ4v) is 2.56. The lowest BCUT2D eigenvalue weighted by Crippen LogP contribution is -2.29. The highest BCUT2D eigenvalue weighted by molar-refractivity contribution is 5.40. The first-order valence-corrected chi connectivity index (χ1v) is 5.98. The van der Waals surface area contributed by atoms with Gasteiger partial charge in [-0.15, -0.1) is 0 Å². The van der Waals surface area contributed by atoms with Crippen molar-refractivity contribution in [3.8, 4) is 0 Å². The van der Waals surface area contributed by atoms with E-state index in [4.69, 9.17) is 4.98 Å². The van der Waals surface area contributed by atoms with E-state index in [1.165, 1.54) is 31.5 Å². The molecular formula is C13H17N3. The zero-order valence-corrected chi connectivity index (χ0v) is 9.63. The highest BCUT2D eigenvalue weighted by Gasteiger charge is 2.22. The molecule has 0 aromatic carbocycles. The molecule has 0 radical (unpaired) electrons. The number of fused-ring (bicyclic) bond motifs is 1. The van der Waals surface area contributed by atoms with Gasteiger partial charge in [0, 0.05) is 12.4 Å². The number of rotatable bonds is 1. The Bertz CT molecular complexity index is 456. The maximum atomic E-state index is 4.71. The summed E-state index contributed by atoms with van der Waals surface area (Å²) in [6.07, 6.45) is 8.11. The average Bonchev–Trinajstić information content (AvgIpc) is 2.73. The molecule has 2 aromatic heterocycles. The van der Waals surface area contributed by atoms with Crippen LogP contribution in [-0.2, 0) is 0 Å². The third kappa shape index (κ3) is 1.61. The molecule has 16 heavy (non-hydrogen) atoms. The van der Waals surface area contributed by atoms with Gasteiger partial charge in [-0.1, -0.05) is 12.5 Å². The fourth-order valence-electron chi connectivity index (χ4n) is 2.56. The minimum absolute atomic E-state index is 0.508. The fraction of sp³-hybridized carbons (Fsp3) is 0.462. The van der Waals surface area contributed by atoms with E-state index in [-0.39, 0.29) is 0 Å². The van der Waals surface area contributed by atoms with E-state index in [0.29, 0.717) is 6.04 Å². The van der Waals surface area contributed by atoms with Gasteiger partial charge >= 0.3 is 0 Å². The number of pyridine rings is 1. The lowest BCUT2D eigenvalue weighted by atomic mass is 10.0. The molecule has 1 unspecified atom stereocenters. The molecule has 0 amide bonds. The summed E-state index contributed by atoms with van der Waals surface area (Å²) in [5, 5.41) is 0. The van der Waals surface area contributed by atoms with E-state index in [2.05, 4.69) is 34.8 Å². The van der Waals surface area contributed by atoms with Crippen LogP contribution in [0.15, 0.2) is 30.6 Å². The monoisotopic (exact) mass is 215 g/mol. The molecule has 1 saturated heterocycles.